The lowest BCUT2D eigenvalue weighted by Crippen LogP contribution is -1.96. The molecule has 0 aliphatic heterocycles. The van der Waals surface area contributed by atoms with Crippen LogP contribution in [0.5, 0.6) is 0 Å². The lowest BCUT2D eigenvalue weighted by atomic mass is 10.00. The molecule has 0 spiro atoms. The van der Waals surface area contributed by atoms with Crippen molar-refractivity contribution >= 4 is 31.5 Å². The van der Waals surface area contributed by atoms with E-state index in [1.54, 1.807) is 0 Å². The third kappa shape index (κ3) is 4.07. The normalized spacial score (nSPS) is 11.3. The molecule has 38 heavy (non-hydrogen) atoms. The molecule has 0 fully saturated rings. The minimum Gasteiger partial charge on any atom is -0.228 e. The van der Waals surface area contributed by atoms with Crippen LogP contribution in [0, 0.1) is 6.92 Å². The minimum atomic E-state index is 0.748. The quantitative estimate of drug-likeness (QED) is 0.238. The molecule has 180 valence electrons. The van der Waals surface area contributed by atoms with Crippen LogP contribution in [0.25, 0.3) is 65.2 Å². The fourth-order valence-electron chi connectivity index (χ4n) is 5.09. The number of aryl methyl sites for hydroxylation is 1. The highest BCUT2D eigenvalue weighted by Gasteiger charge is 2.16. The fourth-order valence-corrected chi connectivity index (χ4v) is 6.20. The number of rotatable bonds is 4. The Labute approximate surface area is 225 Å². The first-order valence-electron chi connectivity index (χ1n) is 12.8. The Kier molecular flexibility index (Phi) is 5.57. The molecule has 7 aromatic rings. The van der Waals surface area contributed by atoms with Crippen LogP contribution >= 0.6 is 11.3 Å². The van der Waals surface area contributed by atoms with Crippen LogP contribution in [0.15, 0.2) is 127 Å². The van der Waals surface area contributed by atoms with E-state index in [2.05, 4.69) is 122 Å². The molecule has 7 rings (SSSR count). The van der Waals surface area contributed by atoms with Crippen LogP contribution in [-0.2, 0) is 0 Å². The first kappa shape index (κ1) is 22.6. The van der Waals surface area contributed by atoms with Crippen molar-refractivity contribution in [3.8, 4) is 45.0 Å². The number of hydrogen-bond acceptors (Lipinski definition) is 3. The minimum absolute atomic E-state index is 0.748. The Morgan fingerprint density at radius 1 is 0.500 bits per heavy atom. The third-order valence-electron chi connectivity index (χ3n) is 6.95. The fraction of sp³-hybridized carbons (Fsp3) is 0.0286. The summed E-state index contributed by atoms with van der Waals surface area (Å²) < 4.78 is 2.54. The lowest BCUT2D eigenvalue weighted by Gasteiger charge is -2.11. The van der Waals surface area contributed by atoms with Gasteiger partial charge < -0.3 is 0 Å². The van der Waals surface area contributed by atoms with Gasteiger partial charge in [-0.3, -0.25) is 0 Å². The Morgan fingerprint density at radius 2 is 1.16 bits per heavy atom. The molecule has 0 saturated carbocycles. The van der Waals surface area contributed by atoms with E-state index in [1.165, 1.54) is 36.9 Å². The van der Waals surface area contributed by atoms with E-state index in [0.717, 1.165) is 33.9 Å². The van der Waals surface area contributed by atoms with Gasteiger partial charge in [-0.25, -0.2) is 9.97 Å². The maximum Gasteiger partial charge on any atom is 0.161 e. The van der Waals surface area contributed by atoms with Gasteiger partial charge in [0.05, 0.1) is 11.4 Å². The molecule has 0 atom stereocenters. The average molecular weight is 505 g/mol. The molecule has 5 aromatic carbocycles. The van der Waals surface area contributed by atoms with Gasteiger partial charge in [0.25, 0.3) is 0 Å². The molecule has 3 heteroatoms. The zero-order valence-electron chi connectivity index (χ0n) is 20.9. The predicted octanol–water partition coefficient (Wildman–Crippen LogP) is 9.82. The maximum absolute atomic E-state index is 5.19. The zero-order chi connectivity index (χ0) is 25.5. The van der Waals surface area contributed by atoms with Crippen LogP contribution < -0.4 is 0 Å². The van der Waals surface area contributed by atoms with E-state index in [9.17, 15) is 0 Å². The van der Waals surface area contributed by atoms with Gasteiger partial charge in [-0.1, -0.05) is 103 Å². The Hall–Kier alpha value is -4.60. The van der Waals surface area contributed by atoms with Gasteiger partial charge >= 0.3 is 0 Å². The molecule has 2 nitrogen and oxygen atoms in total. The number of thiophene rings is 1. The molecule has 0 amide bonds. The highest BCUT2D eigenvalue weighted by molar-refractivity contribution is 7.25. The van der Waals surface area contributed by atoms with Crippen molar-refractivity contribution in [1.82, 2.24) is 9.97 Å². The smallest absolute Gasteiger partial charge is 0.161 e. The molecule has 0 N–H and O–H groups in total. The average Bonchev–Trinajstić information content (AvgIpc) is 3.36. The molecule has 2 aromatic heterocycles. The summed E-state index contributed by atoms with van der Waals surface area (Å²) in [7, 11) is 0. The molecule has 2 heterocycles. The van der Waals surface area contributed by atoms with Crippen LogP contribution in [0.3, 0.4) is 0 Å². The number of aromatic nitrogens is 2. The molecule has 0 aliphatic carbocycles. The summed E-state index contributed by atoms with van der Waals surface area (Å²) in [6.07, 6.45) is 0. The summed E-state index contributed by atoms with van der Waals surface area (Å²) in [4.78, 5) is 10.3. The van der Waals surface area contributed by atoms with Gasteiger partial charge in [0.15, 0.2) is 5.82 Å². The van der Waals surface area contributed by atoms with E-state index in [-0.39, 0.29) is 0 Å². The SMILES string of the molecule is Cc1ccc2sc3cccc(-c4nc(-c5ccccc5)cc(-c5cccc(-c6ccccc6)c5)n4)c3c2c1. The van der Waals surface area contributed by atoms with Gasteiger partial charge in [0.1, 0.15) is 0 Å². The summed E-state index contributed by atoms with van der Waals surface area (Å²) in [5.74, 6) is 0.748. The van der Waals surface area contributed by atoms with Crippen molar-refractivity contribution in [3.63, 3.8) is 0 Å². The van der Waals surface area contributed by atoms with E-state index < -0.39 is 0 Å². The van der Waals surface area contributed by atoms with E-state index >= 15 is 0 Å². The second-order valence-corrected chi connectivity index (χ2v) is 10.6. The van der Waals surface area contributed by atoms with E-state index in [4.69, 9.17) is 9.97 Å². The van der Waals surface area contributed by atoms with Gasteiger partial charge in [-0.2, -0.15) is 0 Å². The van der Waals surface area contributed by atoms with Crippen molar-refractivity contribution in [3.05, 3.63) is 133 Å². The lowest BCUT2D eigenvalue weighted by molar-refractivity contribution is 1.19. The molecule has 0 saturated heterocycles. The largest absolute Gasteiger partial charge is 0.228 e. The molecule has 0 bridgehead atoms. The van der Waals surface area contributed by atoms with Gasteiger partial charge in [0, 0.05) is 36.9 Å². The van der Waals surface area contributed by atoms with Crippen LogP contribution in [0.1, 0.15) is 5.56 Å². The van der Waals surface area contributed by atoms with E-state index in [0.29, 0.717) is 0 Å². The highest BCUT2D eigenvalue weighted by Crippen LogP contribution is 2.40. The molecule has 0 radical (unpaired) electrons. The molecule has 0 aliphatic rings. The second-order valence-electron chi connectivity index (χ2n) is 9.56. The molecular weight excluding hydrogens is 480 g/mol. The van der Waals surface area contributed by atoms with Crippen LogP contribution in [-0.4, -0.2) is 9.97 Å². The van der Waals surface area contributed by atoms with E-state index in [1.807, 2.05) is 23.5 Å². The van der Waals surface area contributed by atoms with Crippen molar-refractivity contribution in [2.45, 2.75) is 6.92 Å². The Morgan fingerprint density at radius 3 is 1.95 bits per heavy atom. The highest BCUT2D eigenvalue weighted by atomic mass is 32.1. The summed E-state index contributed by atoms with van der Waals surface area (Å²) >= 11 is 1.82. The summed E-state index contributed by atoms with van der Waals surface area (Å²) in [6, 6.07) is 44.8. The van der Waals surface area contributed by atoms with Crippen molar-refractivity contribution in [2.75, 3.05) is 0 Å². The number of nitrogens with zero attached hydrogens (tertiary/aromatic N) is 2. The number of hydrogen-bond donors (Lipinski definition) is 0. The molecule has 0 unspecified atom stereocenters. The van der Waals surface area contributed by atoms with Crippen molar-refractivity contribution in [2.24, 2.45) is 0 Å². The van der Waals surface area contributed by atoms with Crippen LogP contribution in [0.2, 0.25) is 0 Å². The van der Waals surface area contributed by atoms with Crippen LogP contribution in [0.4, 0.5) is 0 Å². The summed E-state index contributed by atoms with van der Waals surface area (Å²) in [5, 5.41) is 2.49. The third-order valence-corrected chi connectivity index (χ3v) is 8.09. The van der Waals surface area contributed by atoms with Gasteiger partial charge in [-0.15, -0.1) is 11.3 Å². The monoisotopic (exact) mass is 504 g/mol. The number of fused-ring (bicyclic) bond motifs is 3. The second kappa shape index (κ2) is 9.37. The molecular formula is C35H24N2S. The predicted molar refractivity (Wildman–Crippen MR) is 161 cm³/mol. The van der Waals surface area contributed by atoms with Gasteiger partial charge in [-0.05, 0) is 48.4 Å². The first-order valence-corrected chi connectivity index (χ1v) is 13.6. The van der Waals surface area contributed by atoms with Crippen molar-refractivity contribution < 1.29 is 0 Å². The topological polar surface area (TPSA) is 25.8 Å². The first-order chi connectivity index (χ1) is 18.7. The Balaban J connectivity index is 1.47. The maximum atomic E-state index is 5.19. The Bertz CT molecular complexity index is 1920. The summed E-state index contributed by atoms with van der Waals surface area (Å²) in [5.41, 5.74) is 8.67. The number of benzene rings is 5. The van der Waals surface area contributed by atoms with Gasteiger partial charge in [0.2, 0.25) is 0 Å². The standard InChI is InChI=1S/C35H24N2S/c1-23-18-19-32-29(20-23)34-28(16-9-17-33(34)38-32)35-36-30(25-12-6-3-7-13-25)22-31(37-35)27-15-8-14-26(21-27)24-10-4-2-5-11-24/h2-22H,1H3. The van der Waals surface area contributed by atoms with Crippen molar-refractivity contribution in [1.29, 1.82) is 0 Å². The zero-order valence-corrected chi connectivity index (χ0v) is 21.7. The summed E-state index contributed by atoms with van der Waals surface area (Å²) in [6.45, 7) is 2.15.